The lowest BCUT2D eigenvalue weighted by molar-refractivity contribution is -0.116. The molecule has 3 heterocycles. The number of ketones is 1. The zero-order valence-electron chi connectivity index (χ0n) is 16.9. The van der Waals surface area contributed by atoms with Crippen LogP contribution >= 0.6 is 11.3 Å². The summed E-state index contributed by atoms with van der Waals surface area (Å²) < 4.78 is 0. The second-order valence-corrected chi connectivity index (χ2v) is 8.62. The van der Waals surface area contributed by atoms with E-state index in [1.807, 2.05) is 11.4 Å². The molecule has 1 atom stereocenters. The topological polar surface area (TPSA) is 102 Å². The van der Waals surface area contributed by atoms with Crippen molar-refractivity contribution >= 4 is 33.6 Å². The predicted octanol–water partition coefficient (Wildman–Crippen LogP) is 1.63. The number of thiophene rings is 1. The molecule has 4 rings (SSSR count). The highest BCUT2D eigenvalue weighted by atomic mass is 32.1. The number of piperazine rings is 1. The number of aliphatic hydroxyl groups is 2. The number of hydrogen-bond donors (Lipinski definition) is 2. The van der Waals surface area contributed by atoms with Crippen LogP contribution < -0.4 is 0 Å². The average Bonchev–Trinajstić information content (AvgIpc) is 3.23. The van der Waals surface area contributed by atoms with Crippen LogP contribution in [0.2, 0.25) is 0 Å². The molecule has 1 unspecified atom stereocenters. The maximum atomic E-state index is 12.7. The zero-order chi connectivity index (χ0) is 20.9. The van der Waals surface area contributed by atoms with Gasteiger partial charge in [0.1, 0.15) is 16.9 Å². The normalized spacial score (nSPS) is 21.9. The summed E-state index contributed by atoms with van der Waals surface area (Å²) in [6.45, 7) is 6.18. The molecule has 2 aliphatic rings. The Morgan fingerprint density at radius 3 is 2.67 bits per heavy atom. The fourth-order valence-corrected chi connectivity index (χ4v) is 4.86. The first kappa shape index (κ1) is 21.0. The molecule has 0 saturated carbocycles. The molecule has 0 amide bonds. The number of Topliss-reactive ketones (excluding diaryl/α,β-unsaturated/α-hetero) is 1. The summed E-state index contributed by atoms with van der Waals surface area (Å²) >= 11 is 1.55. The molecule has 0 bridgehead atoms. The standard InChI is InChI=1S/C21H27N5O3S/c27-9-8-26-6-4-25(5-7-26)3-2-22-13-17-18(28)11-15(12-19(17)29)20-16-1-10-30-21(16)24-14-23-20/h1,10,13-15,27-28H,2-9,11-12H2. The summed E-state index contributed by atoms with van der Waals surface area (Å²) in [4.78, 5) is 31.2. The fourth-order valence-electron chi connectivity index (χ4n) is 4.12. The van der Waals surface area contributed by atoms with Crippen LogP contribution in [-0.4, -0.2) is 94.4 Å². The lowest BCUT2D eigenvalue weighted by Gasteiger charge is -2.33. The number of fused-ring (bicyclic) bond motifs is 1. The van der Waals surface area contributed by atoms with E-state index < -0.39 is 0 Å². The summed E-state index contributed by atoms with van der Waals surface area (Å²) in [5.74, 6) is -0.128. The van der Waals surface area contributed by atoms with Gasteiger partial charge in [-0.05, 0) is 11.4 Å². The molecule has 1 saturated heterocycles. The molecular formula is C21H27N5O3S. The average molecular weight is 430 g/mol. The van der Waals surface area contributed by atoms with Crippen molar-refractivity contribution < 1.29 is 15.0 Å². The number of β-amino-alcohol motifs (C(OH)–C–C–N with tert-alkyl or cyclic N) is 1. The van der Waals surface area contributed by atoms with Gasteiger partial charge >= 0.3 is 0 Å². The number of carbonyl (C=O) groups excluding carboxylic acids is 1. The van der Waals surface area contributed by atoms with Crippen molar-refractivity contribution in [3.8, 4) is 0 Å². The summed E-state index contributed by atoms with van der Waals surface area (Å²) in [5, 5.41) is 22.5. The van der Waals surface area contributed by atoms with Crippen LogP contribution in [0.1, 0.15) is 24.5 Å². The largest absolute Gasteiger partial charge is 0.511 e. The van der Waals surface area contributed by atoms with E-state index in [0.717, 1.165) is 55.2 Å². The third-order valence-electron chi connectivity index (χ3n) is 5.81. The second kappa shape index (κ2) is 9.74. The van der Waals surface area contributed by atoms with Crippen LogP contribution in [0, 0.1) is 0 Å². The van der Waals surface area contributed by atoms with Crippen molar-refractivity contribution in [3.63, 3.8) is 0 Å². The van der Waals surface area contributed by atoms with E-state index in [9.17, 15) is 9.90 Å². The van der Waals surface area contributed by atoms with Crippen molar-refractivity contribution in [1.82, 2.24) is 19.8 Å². The fraction of sp³-hybridized carbons (Fsp3) is 0.524. The van der Waals surface area contributed by atoms with Gasteiger partial charge in [0.05, 0.1) is 24.4 Å². The van der Waals surface area contributed by atoms with Crippen LogP contribution in [0.5, 0.6) is 0 Å². The Morgan fingerprint density at radius 1 is 1.17 bits per heavy atom. The summed E-state index contributed by atoms with van der Waals surface area (Å²) in [5.41, 5.74) is 1.16. The van der Waals surface area contributed by atoms with Gasteiger partial charge in [-0.15, -0.1) is 11.3 Å². The number of aromatic nitrogens is 2. The molecule has 8 nitrogen and oxygen atoms in total. The molecule has 2 aromatic heterocycles. The number of aliphatic hydroxyl groups excluding tert-OH is 2. The number of rotatable bonds is 7. The van der Waals surface area contributed by atoms with Crippen molar-refractivity contribution in [2.24, 2.45) is 4.99 Å². The van der Waals surface area contributed by atoms with Gasteiger partial charge in [0.25, 0.3) is 0 Å². The van der Waals surface area contributed by atoms with E-state index in [1.54, 1.807) is 11.3 Å². The van der Waals surface area contributed by atoms with Crippen LogP contribution in [0.3, 0.4) is 0 Å². The Bertz CT molecular complexity index is 949. The Morgan fingerprint density at radius 2 is 1.93 bits per heavy atom. The molecule has 160 valence electrons. The molecule has 9 heteroatoms. The minimum atomic E-state index is -0.134. The van der Waals surface area contributed by atoms with Crippen molar-refractivity contribution in [2.45, 2.75) is 18.8 Å². The van der Waals surface area contributed by atoms with Gasteiger partial charge in [-0.2, -0.15) is 0 Å². The molecule has 1 aliphatic heterocycles. The first-order valence-electron chi connectivity index (χ1n) is 10.3. The van der Waals surface area contributed by atoms with E-state index >= 15 is 0 Å². The van der Waals surface area contributed by atoms with Gasteiger partial charge in [-0.25, -0.2) is 9.97 Å². The Kier molecular flexibility index (Phi) is 6.83. The number of allylic oxidation sites excluding steroid dienone is 2. The van der Waals surface area contributed by atoms with Gasteiger partial charge in [0.2, 0.25) is 0 Å². The quantitative estimate of drug-likeness (QED) is 0.645. The Labute approximate surface area is 179 Å². The van der Waals surface area contributed by atoms with Crippen molar-refractivity contribution in [3.05, 3.63) is 34.8 Å². The van der Waals surface area contributed by atoms with Crippen LogP contribution in [0.4, 0.5) is 0 Å². The van der Waals surface area contributed by atoms with Crippen LogP contribution in [0.15, 0.2) is 34.1 Å². The van der Waals surface area contributed by atoms with E-state index in [1.165, 1.54) is 12.5 Å². The monoisotopic (exact) mass is 429 g/mol. The maximum absolute atomic E-state index is 12.7. The molecule has 0 spiro atoms. The molecule has 1 aliphatic carbocycles. The molecule has 2 N–H and O–H groups in total. The minimum absolute atomic E-state index is 0.0906. The molecular weight excluding hydrogens is 402 g/mol. The van der Waals surface area contributed by atoms with Crippen molar-refractivity contribution in [2.75, 3.05) is 52.4 Å². The Hall–Kier alpha value is -2.20. The molecule has 1 fully saturated rings. The van der Waals surface area contributed by atoms with Gasteiger partial charge in [-0.3, -0.25) is 19.6 Å². The summed E-state index contributed by atoms with van der Waals surface area (Å²) in [6.07, 6.45) is 3.78. The Balaban J connectivity index is 1.33. The highest BCUT2D eigenvalue weighted by Gasteiger charge is 2.30. The first-order valence-corrected chi connectivity index (χ1v) is 11.2. The van der Waals surface area contributed by atoms with Gasteiger partial charge < -0.3 is 10.2 Å². The second-order valence-electron chi connectivity index (χ2n) is 7.73. The van der Waals surface area contributed by atoms with E-state index in [0.29, 0.717) is 25.0 Å². The van der Waals surface area contributed by atoms with Gasteiger partial charge in [0.15, 0.2) is 5.78 Å². The lowest BCUT2D eigenvalue weighted by atomic mass is 9.84. The molecule has 0 aromatic carbocycles. The molecule has 0 radical (unpaired) electrons. The third kappa shape index (κ3) is 4.75. The highest BCUT2D eigenvalue weighted by Crippen LogP contribution is 2.35. The van der Waals surface area contributed by atoms with Crippen molar-refractivity contribution in [1.29, 1.82) is 0 Å². The van der Waals surface area contributed by atoms with E-state index in [-0.39, 0.29) is 24.1 Å². The smallest absolute Gasteiger partial charge is 0.168 e. The zero-order valence-corrected chi connectivity index (χ0v) is 17.7. The highest BCUT2D eigenvalue weighted by molar-refractivity contribution is 7.16. The number of hydrogen-bond acceptors (Lipinski definition) is 9. The number of nitrogens with zero attached hydrogens (tertiary/aromatic N) is 5. The molecule has 30 heavy (non-hydrogen) atoms. The lowest BCUT2D eigenvalue weighted by Crippen LogP contribution is -2.47. The number of aliphatic imine (C=N–C) groups is 1. The van der Waals surface area contributed by atoms with Crippen LogP contribution in [0.25, 0.3) is 10.2 Å². The molecule has 2 aromatic rings. The SMILES string of the molecule is O=C1CC(c2ncnc3sccc23)CC(O)=C1C=NCCN1CCN(CCO)CC1. The predicted molar refractivity (Wildman–Crippen MR) is 117 cm³/mol. The van der Waals surface area contributed by atoms with Gasteiger partial charge in [0, 0.05) is 69.6 Å². The summed E-state index contributed by atoms with van der Waals surface area (Å²) in [7, 11) is 0. The van der Waals surface area contributed by atoms with Crippen LogP contribution in [-0.2, 0) is 4.79 Å². The first-order chi connectivity index (χ1) is 14.7. The summed E-state index contributed by atoms with van der Waals surface area (Å²) in [6, 6.07) is 1.97. The van der Waals surface area contributed by atoms with E-state index in [4.69, 9.17) is 5.11 Å². The van der Waals surface area contributed by atoms with E-state index in [2.05, 4.69) is 24.8 Å². The van der Waals surface area contributed by atoms with Gasteiger partial charge in [-0.1, -0.05) is 0 Å². The third-order valence-corrected chi connectivity index (χ3v) is 6.63. The minimum Gasteiger partial charge on any atom is -0.511 e. The number of carbonyl (C=O) groups is 1. The maximum Gasteiger partial charge on any atom is 0.168 e.